The molecule has 0 atom stereocenters. The Bertz CT molecular complexity index is 577. The van der Waals surface area contributed by atoms with Crippen LogP contribution in [0.15, 0.2) is 35.7 Å². The van der Waals surface area contributed by atoms with E-state index in [4.69, 9.17) is 17.3 Å². The number of rotatable bonds is 4. The van der Waals surface area contributed by atoms with Gasteiger partial charge in [0.25, 0.3) is 0 Å². The van der Waals surface area contributed by atoms with Gasteiger partial charge < -0.3 is 5.73 Å². The highest BCUT2D eigenvalue weighted by Gasteiger charge is 2.34. The van der Waals surface area contributed by atoms with E-state index in [1.54, 1.807) is 6.08 Å². The summed E-state index contributed by atoms with van der Waals surface area (Å²) in [6.45, 7) is 9.27. The molecule has 0 amide bonds. The molecule has 1 aromatic rings. The van der Waals surface area contributed by atoms with Gasteiger partial charge in [-0.05, 0) is 39.0 Å². The summed E-state index contributed by atoms with van der Waals surface area (Å²) in [6.07, 6.45) is 1.55. The maximum absolute atomic E-state index is 12.7. The van der Waals surface area contributed by atoms with Crippen LogP contribution in [0, 0.1) is 0 Å². The van der Waals surface area contributed by atoms with Gasteiger partial charge in [-0.2, -0.15) is 4.31 Å². The Morgan fingerprint density at radius 1 is 1.42 bits per heavy atom. The molecule has 0 saturated carbocycles. The van der Waals surface area contributed by atoms with Gasteiger partial charge in [0.2, 0.25) is 10.0 Å². The lowest BCUT2D eigenvalue weighted by Crippen LogP contribution is -2.45. The van der Waals surface area contributed by atoms with Crippen LogP contribution in [0.5, 0.6) is 0 Å². The molecular formula is C13H19ClN2O2S. The third kappa shape index (κ3) is 3.49. The average Bonchev–Trinajstić information content (AvgIpc) is 2.23. The normalized spacial score (nSPS) is 12.7. The zero-order valence-electron chi connectivity index (χ0n) is 11.4. The Kier molecular flexibility index (Phi) is 4.66. The zero-order chi connectivity index (χ0) is 14.8. The van der Waals surface area contributed by atoms with Crippen molar-refractivity contribution in [1.82, 2.24) is 4.31 Å². The first-order chi connectivity index (χ1) is 8.60. The minimum atomic E-state index is -3.69. The molecule has 4 nitrogen and oxygen atoms in total. The van der Waals surface area contributed by atoms with E-state index in [9.17, 15) is 8.42 Å². The van der Waals surface area contributed by atoms with Crippen LogP contribution in [0.4, 0.5) is 5.69 Å². The highest BCUT2D eigenvalue weighted by Crippen LogP contribution is 2.29. The van der Waals surface area contributed by atoms with Gasteiger partial charge in [0.05, 0.1) is 5.69 Å². The van der Waals surface area contributed by atoms with E-state index >= 15 is 0 Å². The van der Waals surface area contributed by atoms with Crippen molar-refractivity contribution < 1.29 is 8.42 Å². The lowest BCUT2D eigenvalue weighted by Gasteiger charge is -2.33. The van der Waals surface area contributed by atoms with Crippen molar-refractivity contribution >= 4 is 27.3 Å². The second-order valence-corrected chi connectivity index (χ2v) is 7.44. The number of nitrogen functional groups attached to an aromatic ring is 1. The molecule has 2 N–H and O–H groups in total. The zero-order valence-corrected chi connectivity index (χ0v) is 12.9. The number of benzene rings is 1. The number of sulfonamides is 1. The fourth-order valence-electron chi connectivity index (χ4n) is 1.72. The molecule has 0 radical (unpaired) electrons. The van der Waals surface area contributed by atoms with Gasteiger partial charge >= 0.3 is 0 Å². The summed E-state index contributed by atoms with van der Waals surface area (Å²) in [5.74, 6) is 0. The predicted molar refractivity (Wildman–Crippen MR) is 79.7 cm³/mol. The molecule has 0 aliphatic rings. The Labute approximate surface area is 119 Å². The lowest BCUT2D eigenvalue weighted by atomic mass is 10.1. The molecule has 19 heavy (non-hydrogen) atoms. The summed E-state index contributed by atoms with van der Waals surface area (Å²) >= 11 is 5.79. The molecule has 106 valence electrons. The van der Waals surface area contributed by atoms with Gasteiger partial charge in [-0.15, -0.1) is 6.58 Å². The fraction of sp³-hybridized carbons (Fsp3) is 0.385. The van der Waals surface area contributed by atoms with E-state index in [0.29, 0.717) is 5.02 Å². The molecule has 1 aromatic carbocycles. The van der Waals surface area contributed by atoms with Gasteiger partial charge in [0.15, 0.2) is 0 Å². The highest BCUT2D eigenvalue weighted by atomic mass is 35.5. The minimum absolute atomic E-state index is 0.0636. The molecule has 0 spiro atoms. The highest BCUT2D eigenvalue weighted by molar-refractivity contribution is 7.89. The van der Waals surface area contributed by atoms with Gasteiger partial charge in [-0.25, -0.2) is 8.42 Å². The van der Waals surface area contributed by atoms with Crippen molar-refractivity contribution in [3.8, 4) is 0 Å². The SMILES string of the molecule is C=CCN(C(C)(C)C)S(=O)(=O)c1ccc(Cl)cc1N. The van der Waals surface area contributed by atoms with Crippen molar-refractivity contribution in [2.24, 2.45) is 0 Å². The Morgan fingerprint density at radius 2 is 2.00 bits per heavy atom. The molecule has 0 aliphatic heterocycles. The third-order valence-corrected chi connectivity index (χ3v) is 5.02. The first-order valence-electron chi connectivity index (χ1n) is 5.79. The monoisotopic (exact) mass is 302 g/mol. The van der Waals surface area contributed by atoms with Crippen LogP contribution >= 0.6 is 11.6 Å². The van der Waals surface area contributed by atoms with Crippen molar-refractivity contribution in [2.45, 2.75) is 31.2 Å². The minimum Gasteiger partial charge on any atom is -0.398 e. The molecule has 0 saturated heterocycles. The van der Waals surface area contributed by atoms with Crippen LogP contribution in [0.3, 0.4) is 0 Å². The first kappa shape index (κ1) is 16.0. The average molecular weight is 303 g/mol. The van der Waals surface area contributed by atoms with Crippen LogP contribution in [0.25, 0.3) is 0 Å². The summed E-state index contributed by atoms with van der Waals surface area (Å²) in [5.41, 5.74) is 5.34. The van der Waals surface area contributed by atoms with Gasteiger partial charge in [-0.3, -0.25) is 0 Å². The van der Waals surface area contributed by atoms with Gasteiger partial charge in [0.1, 0.15) is 4.90 Å². The van der Waals surface area contributed by atoms with E-state index in [0.717, 1.165) is 0 Å². The maximum Gasteiger partial charge on any atom is 0.245 e. The molecule has 0 unspecified atom stereocenters. The molecule has 0 aromatic heterocycles. The van der Waals surface area contributed by atoms with Crippen LogP contribution in [-0.4, -0.2) is 24.8 Å². The number of hydrogen-bond acceptors (Lipinski definition) is 3. The number of halogens is 1. The molecule has 6 heteroatoms. The van der Waals surface area contributed by atoms with E-state index < -0.39 is 15.6 Å². The number of nitrogens with zero attached hydrogens (tertiary/aromatic N) is 1. The number of hydrogen-bond donors (Lipinski definition) is 1. The fourth-order valence-corrected chi connectivity index (χ4v) is 3.76. The van der Waals surface area contributed by atoms with Crippen molar-refractivity contribution in [3.05, 3.63) is 35.9 Å². The van der Waals surface area contributed by atoms with Crippen LogP contribution in [-0.2, 0) is 10.0 Å². The summed E-state index contributed by atoms with van der Waals surface area (Å²) in [4.78, 5) is 0.0636. The van der Waals surface area contributed by atoms with Crippen molar-refractivity contribution in [1.29, 1.82) is 0 Å². The van der Waals surface area contributed by atoms with E-state index in [1.807, 2.05) is 20.8 Å². The molecule has 0 bridgehead atoms. The first-order valence-corrected chi connectivity index (χ1v) is 7.61. The molecular weight excluding hydrogens is 284 g/mol. The Morgan fingerprint density at radius 3 is 2.42 bits per heavy atom. The van der Waals surface area contributed by atoms with Crippen LogP contribution in [0.2, 0.25) is 5.02 Å². The second-order valence-electron chi connectivity index (χ2n) is 5.18. The predicted octanol–water partition coefficient (Wildman–Crippen LogP) is 2.90. The molecule has 0 fully saturated rings. The number of nitrogens with two attached hydrogens (primary N) is 1. The van der Waals surface area contributed by atoms with Gasteiger partial charge in [0, 0.05) is 17.1 Å². The lowest BCUT2D eigenvalue weighted by molar-refractivity contribution is 0.270. The summed E-state index contributed by atoms with van der Waals surface area (Å²) in [6, 6.07) is 4.37. The molecule has 1 rings (SSSR count). The van der Waals surface area contributed by atoms with E-state index in [1.165, 1.54) is 22.5 Å². The van der Waals surface area contributed by atoms with Crippen LogP contribution in [0.1, 0.15) is 20.8 Å². The molecule has 0 heterocycles. The second kappa shape index (κ2) is 5.53. The number of anilines is 1. The molecule has 0 aliphatic carbocycles. The Hall–Kier alpha value is -1.04. The Balaban J connectivity index is 3.39. The smallest absolute Gasteiger partial charge is 0.245 e. The summed E-state index contributed by atoms with van der Waals surface area (Å²) < 4.78 is 26.7. The third-order valence-electron chi connectivity index (χ3n) is 2.58. The van der Waals surface area contributed by atoms with Crippen molar-refractivity contribution in [2.75, 3.05) is 12.3 Å². The maximum atomic E-state index is 12.7. The van der Waals surface area contributed by atoms with E-state index in [2.05, 4.69) is 6.58 Å². The quantitative estimate of drug-likeness (QED) is 0.687. The van der Waals surface area contributed by atoms with Crippen LogP contribution < -0.4 is 5.73 Å². The van der Waals surface area contributed by atoms with E-state index in [-0.39, 0.29) is 17.1 Å². The van der Waals surface area contributed by atoms with Crippen molar-refractivity contribution in [3.63, 3.8) is 0 Å². The summed E-state index contributed by atoms with van der Waals surface area (Å²) in [7, 11) is -3.69. The van der Waals surface area contributed by atoms with Gasteiger partial charge in [-0.1, -0.05) is 17.7 Å². The summed E-state index contributed by atoms with van der Waals surface area (Å²) in [5, 5.41) is 0.405. The largest absolute Gasteiger partial charge is 0.398 e. The topological polar surface area (TPSA) is 63.4 Å². The standard InChI is InChI=1S/C13H19ClN2O2S/c1-5-8-16(13(2,3)4)19(17,18)12-7-6-10(14)9-11(12)15/h5-7,9H,1,8,15H2,2-4H3.